The Labute approximate surface area is 422 Å². The molecule has 71 heavy (non-hydrogen) atoms. The van der Waals surface area contributed by atoms with Gasteiger partial charge in [-0.2, -0.15) is 0 Å². The summed E-state index contributed by atoms with van der Waals surface area (Å²) in [7, 11) is -9.23. The number of carboxylic acid groups (broad SMARTS) is 1. The Morgan fingerprint density at radius 1 is 0.662 bits per heavy atom. The van der Waals surface area contributed by atoms with Crippen molar-refractivity contribution in [2.75, 3.05) is 71.7 Å². The number of halogens is 2. The zero-order valence-electron chi connectivity index (χ0n) is 37.9. The molecule has 3 rings (SSSR count). The highest BCUT2D eigenvalue weighted by Gasteiger charge is 2.47. The highest BCUT2D eigenvalue weighted by atomic mass is 79.9. The van der Waals surface area contributed by atoms with Crippen molar-refractivity contribution in [3.05, 3.63) is 8.96 Å². The lowest BCUT2D eigenvalue weighted by Gasteiger charge is -2.42. The number of amides is 5. The monoisotopic (exact) mass is 1190 g/mol. The summed E-state index contributed by atoms with van der Waals surface area (Å²) in [5.41, 5.74) is 0. The van der Waals surface area contributed by atoms with Crippen LogP contribution in [0, 0.1) is 5.92 Å². The van der Waals surface area contributed by atoms with Crippen LogP contribution in [-0.2, 0) is 66.3 Å². The van der Waals surface area contributed by atoms with Gasteiger partial charge in [0.1, 0.15) is 39.4 Å². The van der Waals surface area contributed by atoms with Gasteiger partial charge in [0, 0.05) is 25.9 Å². The molecule has 408 valence electrons. The Morgan fingerprint density at radius 2 is 1.20 bits per heavy atom. The van der Waals surface area contributed by atoms with Crippen LogP contribution < -0.4 is 16.0 Å². The molecule has 12 atom stereocenters. The molecule has 2 saturated heterocycles. The van der Waals surface area contributed by atoms with Gasteiger partial charge in [-0.3, -0.25) is 38.0 Å². The smallest absolute Gasteiger partial charge is 0.328 e. The fourth-order valence-electron chi connectivity index (χ4n) is 7.04. The molecule has 3 aliphatic rings. The molecule has 3 aliphatic heterocycles. The van der Waals surface area contributed by atoms with Gasteiger partial charge in [0.05, 0.1) is 82.8 Å². The lowest BCUT2D eigenvalue weighted by Crippen LogP contribution is -2.60. The summed E-state index contributed by atoms with van der Waals surface area (Å²) in [6, 6.07) is -3.80. The van der Waals surface area contributed by atoms with Crippen LogP contribution in [0.5, 0.6) is 0 Å². The minimum Gasteiger partial charge on any atom is -0.480 e. The number of imide groups is 1. The topological polar surface area (TPSA) is 454 Å². The van der Waals surface area contributed by atoms with Gasteiger partial charge in [-0.1, -0.05) is 6.42 Å². The predicted octanol–water partition coefficient (Wildman–Crippen LogP) is -4.46. The first-order chi connectivity index (χ1) is 33.3. The van der Waals surface area contributed by atoms with Crippen molar-refractivity contribution in [1.29, 1.82) is 0 Å². The Kier molecular flexibility index (Phi) is 26.7. The van der Waals surface area contributed by atoms with E-state index in [0.29, 0.717) is 19.3 Å². The van der Waals surface area contributed by atoms with Crippen LogP contribution in [0.4, 0.5) is 0 Å². The molecule has 3 heterocycles. The maximum atomic E-state index is 13.6. The van der Waals surface area contributed by atoms with Gasteiger partial charge in [-0.25, -0.2) is 4.79 Å². The lowest BCUT2D eigenvalue weighted by atomic mass is 9.90. The predicted molar refractivity (Wildman–Crippen MR) is 244 cm³/mol. The number of nitrogens with zero attached hydrogens (tertiary/aromatic N) is 1. The maximum absolute atomic E-state index is 13.6. The van der Waals surface area contributed by atoms with E-state index in [1.807, 2.05) is 0 Å². The van der Waals surface area contributed by atoms with Crippen LogP contribution in [0.1, 0.15) is 44.9 Å². The standard InChI is InChI=1S/C38H62Br2N4O25P2/c39-26-27(40)35(55)44(34(26)54)9-3-1-2-4-24(46)41-8-11-65-13-12-64-10-5-25(47)42-20(17-66-37-19(16-45)28(48)29(49)22(68-37)6-14-70(58,59)60)33(53)43-21(36(56)57)18-67-38-32(52)31(51)30(50)23(69-38)7-15-71(61,62)63/h19-23,28-32,37-38,45,48-52H,1-18H2,(H,41,46)(H,42,47)(H,43,53)(H,56,57)(H2,58,59,60)(H2,61,62,63)/t19?,20-,21-,22?,23?,28?,29+,30?,31?,32?,37-,38?/m0/s1. The molecule has 8 unspecified atom stereocenters. The van der Waals surface area contributed by atoms with Crippen molar-refractivity contribution in [3.63, 3.8) is 0 Å². The second kappa shape index (κ2) is 30.2. The van der Waals surface area contributed by atoms with E-state index in [2.05, 4.69) is 47.8 Å². The van der Waals surface area contributed by atoms with Gasteiger partial charge in [-0.15, -0.1) is 0 Å². The molecule has 0 aromatic carbocycles. The van der Waals surface area contributed by atoms with Crippen molar-refractivity contribution < 1.29 is 122 Å². The van der Waals surface area contributed by atoms with Crippen molar-refractivity contribution in [2.24, 2.45) is 5.92 Å². The number of hydrogen-bond acceptors (Lipinski definition) is 20. The number of carboxylic acids is 1. The van der Waals surface area contributed by atoms with Crippen molar-refractivity contribution in [2.45, 2.75) is 112 Å². The summed E-state index contributed by atoms with van der Waals surface area (Å²) >= 11 is 6.13. The number of rotatable bonds is 32. The number of aliphatic hydroxyl groups is 6. The number of unbranched alkanes of at least 4 members (excludes halogenated alkanes) is 2. The first kappa shape index (κ1) is 62.8. The summed E-state index contributed by atoms with van der Waals surface area (Å²) in [6.45, 7) is -2.46. The summed E-state index contributed by atoms with van der Waals surface area (Å²) in [5.74, 6) is -6.35. The van der Waals surface area contributed by atoms with Gasteiger partial charge >= 0.3 is 21.2 Å². The third-order valence-corrected chi connectivity index (χ3v) is 14.7. The number of nitrogens with one attached hydrogen (secondary N) is 3. The van der Waals surface area contributed by atoms with E-state index >= 15 is 0 Å². The minimum atomic E-state index is -4.62. The van der Waals surface area contributed by atoms with E-state index in [9.17, 15) is 93.2 Å². The first-order valence-electron chi connectivity index (χ1n) is 22.1. The SMILES string of the molecule is O=C(CCCCCN1C(=O)C(Br)=C(Br)C1=O)NCCOCCOCCC(=O)N[C@@H](CO[C@H]1OC(CCP(=O)(O)O)[C@@H](O)C(O)C1CO)C(=O)N[C@@H](COC1OC(CCP(=O)(O)O)C(O)C(O)C1O)C(=O)O. The highest BCUT2D eigenvalue weighted by molar-refractivity contribution is 9.14. The second-order valence-electron chi connectivity index (χ2n) is 16.5. The van der Waals surface area contributed by atoms with Gasteiger partial charge in [0.15, 0.2) is 18.6 Å². The van der Waals surface area contributed by atoms with E-state index in [4.69, 9.17) is 28.4 Å². The fourth-order valence-corrected chi connectivity index (χ4v) is 8.98. The van der Waals surface area contributed by atoms with Gasteiger partial charge in [-0.05, 0) is 57.5 Å². The highest BCUT2D eigenvalue weighted by Crippen LogP contribution is 2.39. The average molecular weight is 1200 g/mol. The van der Waals surface area contributed by atoms with E-state index in [0.717, 1.165) is 4.90 Å². The molecule has 2 fully saturated rings. The van der Waals surface area contributed by atoms with E-state index in [1.165, 1.54) is 0 Å². The molecule has 0 aromatic rings. The van der Waals surface area contributed by atoms with Gasteiger partial charge in [0.25, 0.3) is 11.8 Å². The van der Waals surface area contributed by atoms with Crippen molar-refractivity contribution in [1.82, 2.24) is 20.9 Å². The molecule has 0 bridgehead atoms. The second-order valence-corrected chi connectivity index (χ2v) is 21.6. The molecule has 14 N–H and O–H groups in total. The first-order valence-corrected chi connectivity index (χ1v) is 27.2. The largest absolute Gasteiger partial charge is 0.480 e. The van der Waals surface area contributed by atoms with E-state index in [-0.39, 0.29) is 60.8 Å². The molecule has 5 amide bonds. The molecule has 0 spiro atoms. The third-order valence-electron chi connectivity index (χ3n) is 11.0. The van der Waals surface area contributed by atoms with Crippen LogP contribution in [0.3, 0.4) is 0 Å². The van der Waals surface area contributed by atoms with Crippen molar-refractivity contribution in [3.8, 4) is 0 Å². The zero-order chi connectivity index (χ0) is 53.2. The summed E-state index contributed by atoms with van der Waals surface area (Å²) in [4.78, 5) is 114. The number of ether oxygens (including phenoxy) is 6. The summed E-state index contributed by atoms with van der Waals surface area (Å²) in [5, 5.41) is 79.2. The molecular formula is C38H62Br2N4O25P2. The van der Waals surface area contributed by atoms with Crippen molar-refractivity contribution >= 4 is 82.6 Å². The van der Waals surface area contributed by atoms with Crippen LogP contribution in [0.15, 0.2) is 8.96 Å². The Morgan fingerprint density at radius 3 is 1.76 bits per heavy atom. The summed E-state index contributed by atoms with van der Waals surface area (Å²) in [6.07, 6.45) is -17.0. The van der Waals surface area contributed by atoms with E-state index < -0.39 is 170 Å². The number of carbonyl (C=O) groups is 6. The van der Waals surface area contributed by atoms with Gasteiger partial charge < -0.3 is 99.7 Å². The van der Waals surface area contributed by atoms with Crippen LogP contribution in [0.25, 0.3) is 0 Å². The number of aliphatic carboxylic acids is 1. The lowest BCUT2D eigenvalue weighted by molar-refractivity contribution is -0.297. The van der Waals surface area contributed by atoms with E-state index in [1.54, 1.807) is 0 Å². The normalized spacial score (nSPS) is 27.1. The Hall–Kier alpha value is -2.46. The number of aliphatic hydroxyl groups excluding tert-OH is 6. The van der Waals surface area contributed by atoms with Crippen LogP contribution in [-0.4, -0.2) is 235 Å². The Balaban J connectivity index is 1.52. The van der Waals surface area contributed by atoms with Crippen LogP contribution >= 0.6 is 47.1 Å². The fraction of sp³-hybridized carbons (Fsp3) is 0.789. The van der Waals surface area contributed by atoms with Gasteiger partial charge in [0.2, 0.25) is 17.7 Å². The molecule has 0 aromatic heterocycles. The number of hydrogen-bond donors (Lipinski definition) is 14. The average Bonchev–Trinajstić information content (AvgIpc) is 3.48. The summed E-state index contributed by atoms with van der Waals surface area (Å²) < 4.78 is 55.9. The molecule has 29 nitrogen and oxygen atoms in total. The van der Waals surface area contributed by atoms with Crippen LogP contribution in [0.2, 0.25) is 0 Å². The molecule has 0 radical (unpaired) electrons. The maximum Gasteiger partial charge on any atom is 0.328 e. The molecule has 0 aliphatic carbocycles. The Bertz CT molecular complexity index is 1910. The quantitative estimate of drug-likeness (QED) is 0.0172. The number of carbonyl (C=O) groups excluding carboxylic acids is 5. The molecular weight excluding hydrogens is 1130 g/mol. The zero-order valence-corrected chi connectivity index (χ0v) is 42.8. The molecule has 33 heteroatoms. The molecule has 0 saturated carbocycles. The third kappa shape index (κ3) is 21.0. The minimum absolute atomic E-state index is 0.0159.